The zero-order chi connectivity index (χ0) is 22.5. The number of nitrogens with one attached hydrogen (secondary N) is 4. The lowest BCUT2D eigenvalue weighted by molar-refractivity contribution is 0.201. The Balaban J connectivity index is 1.18. The smallest absolute Gasteiger partial charge is 0.224 e. The molecule has 0 saturated carbocycles. The van der Waals surface area contributed by atoms with Crippen LogP contribution in [0, 0.1) is 0 Å². The molecular weight excluding hydrogens is 416 g/mol. The molecule has 5 rings (SSSR count). The number of hydrogen-bond acceptors (Lipinski definition) is 6. The number of aromatic nitrogens is 4. The van der Waals surface area contributed by atoms with E-state index in [-0.39, 0.29) is 13.2 Å². The van der Waals surface area contributed by atoms with Crippen LogP contribution in [-0.2, 0) is 13.0 Å². The minimum atomic E-state index is -0.00197. The molecule has 2 aromatic carbocycles. The Hall–Kier alpha value is -4.04. The van der Waals surface area contributed by atoms with Crippen molar-refractivity contribution in [1.29, 1.82) is 0 Å². The van der Waals surface area contributed by atoms with E-state index in [9.17, 15) is 0 Å². The fourth-order valence-electron chi connectivity index (χ4n) is 3.87. The van der Waals surface area contributed by atoms with Crippen molar-refractivity contribution in [2.75, 3.05) is 30.4 Å². The van der Waals surface area contributed by atoms with Crippen LogP contribution in [0.25, 0.3) is 21.8 Å². The van der Waals surface area contributed by atoms with Crippen LogP contribution in [-0.4, -0.2) is 44.8 Å². The monoisotopic (exact) mass is 442 g/mol. The van der Waals surface area contributed by atoms with Crippen molar-refractivity contribution in [2.24, 2.45) is 0 Å². The molecule has 0 radical (unpaired) electrons. The van der Waals surface area contributed by atoms with Gasteiger partial charge in [0, 0.05) is 48.1 Å². The summed E-state index contributed by atoms with van der Waals surface area (Å²) in [6, 6.07) is 16.2. The summed E-state index contributed by atoms with van der Waals surface area (Å²) in [6.07, 6.45) is 6.53. The average Bonchev–Trinajstić information content (AvgIpc) is 3.48. The molecule has 5 aromatic rings. The largest absolute Gasteiger partial charge is 0.491 e. The van der Waals surface area contributed by atoms with E-state index in [0.717, 1.165) is 34.4 Å². The first-order valence-electron chi connectivity index (χ1n) is 11.0. The second-order valence-corrected chi connectivity index (χ2v) is 7.79. The quantitative estimate of drug-likeness (QED) is 0.223. The van der Waals surface area contributed by atoms with Crippen LogP contribution in [0.1, 0.15) is 11.1 Å². The van der Waals surface area contributed by atoms with Crippen molar-refractivity contribution in [1.82, 2.24) is 19.9 Å². The fraction of sp³-hybridized carbons (Fsp3) is 0.200. The summed E-state index contributed by atoms with van der Waals surface area (Å²) in [4.78, 5) is 15.4. The first kappa shape index (κ1) is 20.8. The van der Waals surface area contributed by atoms with E-state index in [1.54, 1.807) is 6.20 Å². The van der Waals surface area contributed by atoms with Gasteiger partial charge >= 0.3 is 0 Å². The molecule has 33 heavy (non-hydrogen) atoms. The highest BCUT2D eigenvalue weighted by atomic mass is 16.5. The molecule has 0 spiro atoms. The molecule has 0 unspecified atom stereocenters. The van der Waals surface area contributed by atoms with E-state index >= 15 is 0 Å². The van der Waals surface area contributed by atoms with Crippen LogP contribution >= 0.6 is 0 Å². The van der Waals surface area contributed by atoms with Crippen LogP contribution in [0.3, 0.4) is 0 Å². The predicted octanol–water partition coefficient (Wildman–Crippen LogP) is 4.08. The molecule has 3 heterocycles. The van der Waals surface area contributed by atoms with Crippen molar-refractivity contribution in [2.45, 2.75) is 13.0 Å². The van der Waals surface area contributed by atoms with Gasteiger partial charge in [-0.2, -0.15) is 4.98 Å². The zero-order valence-corrected chi connectivity index (χ0v) is 18.1. The molecule has 0 aliphatic carbocycles. The molecule has 0 amide bonds. The highest BCUT2D eigenvalue weighted by Crippen LogP contribution is 2.24. The molecular formula is C25H26N6O2. The Kier molecular flexibility index (Phi) is 6.08. The Morgan fingerprint density at radius 1 is 0.970 bits per heavy atom. The molecule has 0 atom stereocenters. The molecule has 0 saturated heterocycles. The number of aliphatic hydroxyl groups excluding tert-OH is 1. The summed E-state index contributed by atoms with van der Waals surface area (Å²) in [5.74, 6) is 2.12. The van der Waals surface area contributed by atoms with Gasteiger partial charge in [-0.15, -0.1) is 0 Å². The van der Waals surface area contributed by atoms with Gasteiger partial charge in [0.15, 0.2) is 0 Å². The summed E-state index contributed by atoms with van der Waals surface area (Å²) >= 11 is 0. The minimum Gasteiger partial charge on any atom is -0.491 e. The van der Waals surface area contributed by atoms with Gasteiger partial charge in [-0.05, 0) is 65.4 Å². The SMILES string of the molecule is OCCOc1ccc2[nH]cc(CCNc3nccc(NCc4ccc5[nH]ccc5c4)n3)c2c1. The van der Waals surface area contributed by atoms with Crippen molar-refractivity contribution >= 4 is 33.6 Å². The number of aliphatic hydroxyl groups is 1. The number of aromatic amines is 2. The molecule has 5 N–H and O–H groups in total. The van der Waals surface area contributed by atoms with Crippen LogP contribution in [0.5, 0.6) is 5.75 Å². The van der Waals surface area contributed by atoms with E-state index in [0.29, 0.717) is 19.0 Å². The van der Waals surface area contributed by atoms with Crippen LogP contribution in [0.2, 0.25) is 0 Å². The van der Waals surface area contributed by atoms with Crippen molar-refractivity contribution < 1.29 is 9.84 Å². The highest BCUT2D eigenvalue weighted by Gasteiger charge is 2.07. The van der Waals surface area contributed by atoms with Gasteiger partial charge in [0.05, 0.1) is 6.61 Å². The molecule has 0 bridgehead atoms. The lowest BCUT2D eigenvalue weighted by Gasteiger charge is -2.09. The Labute approximate surface area is 191 Å². The maximum absolute atomic E-state index is 8.96. The number of rotatable bonds is 10. The fourth-order valence-corrected chi connectivity index (χ4v) is 3.87. The number of anilines is 2. The molecule has 0 fully saturated rings. The van der Waals surface area contributed by atoms with Crippen LogP contribution in [0.4, 0.5) is 11.8 Å². The second-order valence-electron chi connectivity index (χ2n) is 7.79. The highest BCUT2D eigenvalue weighted by molar-refractivity contribution is 5.84. The third-order valence-electron chi connectivity index (χ3n) is 5.52. The molecule has 0 aliphatic heterocycles. The Morgan fingerprint density at radius 2 is 1.91 bits per heavy atom. The molecule has 8 nitrogen and oxygen atoms in total. The summed E-state index contributed by atoms with van der Waals surface area (Å²) in [7, 11) is 0. The molecule has 3 aromatic heterocycles. The standard InChI is InChI=1S/C25H26N6O2/c32-11-12-33-20-2-4-23-21(14-20)19(16-29-23)6-9-27-25-28-10-7-24(31-25)30-15-17-1-3-22-18(13-17)5-8-26-22/h1-5,7-8,10,13-14,16,26,29,32H,6,9,11-12,15H2,(H2,27,28,30,31). The van der Waals surface area contributed by atoms with Gasteiger partial charge in [0.2, 0.25) is 5.95 Å². The first-order valence-corrected chi connectivity index (χ1v) is 11.0. The Morgan fingerprint density at radius 3 is 2.85 bits per heavy atom. The van der Waals surface area contributed by atoms with E-state index in [1.165, 1.54) is 16.5 Å². The third kappa shape index (κ3) is 4.91. The number of H-pyrrole nitrogens is 2. The lowest BCUT2D eigenvalue weighted by atomic mass is 10.1. The van der Waals surface area contributed by atoms with Gasteiger partial charge in [0.25, 0.3) is 0 Å². The number of fused-ring (bicyclic) bond motifs is 2. The van der Waals surface area contributed by atoms with E-state index in [2.05, 4.69) is 54.8 Å². The van der Waals surface area contributed by atoms with E-state index in [4.69, 9.17) is 9.84 Å². The van der Waals surface area contributed by atoms with E-state index in [1.807, 2.05) is 36.7 Å². The van der Waals surface area contributed by atoms with Gasteiger partial charge in [-0.1, -0.05) is 6.07 Å². The number of benzene rings is 2. The Bertz CT molecular complexity index is 1360. The van der Waals surface area contributed by atoms with Crippen molar-refractivity contribution in [3.8, 4) is 5.75 Å². The summed E-state index contributed by atoms with van der Waals surface area (Å²) < 4.78 is 5.54. The number of nitrogens with zero attached hydrogens (tertiary/aromatic N) is 2. The summed E-state index contributed by atoms with van der Waals surface area (Å²) in [5, 5.41) is 18.0. The van der Waals surface area contributed by atoms with Gasteiger partial charge in [-0.3, -0.25) is 0 Å². The van der Waals surface area contributed by atoms with Gasteiger partial charge in [0.1, 0.15) is 18.2 Å². The number of ether oxygens (including phenoxy) is 1. The third-order valence-corrected chi connectivity index (χ3v) is 5.52. The predicted molar refractivity (Wildman–Crippen MR) is 131 cm³/mol. The molecule has 0 aliphatic rings. The minimum absolute atomic E-state index is 0.00197. The summed E-state index contributed by atoms with van der Waals surface area (Å²) in [5.41, 5.74) is 4.57. The van der Waals surface area contributed by atoms with Gasteiger partial charge < -0.3 is 30.4 Å². The topological polar surface area (TPSA) is 111 Å². The summed E-state index contributed by atoms with van der Waals surface area (Å²) in [6.45, 7) is 1.67. The van der Waals surface area contributed by atoms with Crippen LogP contribution in [0.15, 0.2) is 67.1 Å². The average molecular weight is 443 g/mol. The van der Waals surface area contributed by atoms with Crippen LogP contribution < -0.4 is 15.4 Å². The molecule has 8 heteroatoms. The maximum Gasteiger partial charge on any atom is 0.224 e. The second kappa shape index (κ2) is 9.62. The first-order chi connectivity index (χ1) is 16.3. The van der Waals surface area contributed by atoms with Gasteiger partial charge in [-0.25, -0.2) is 4.98 Å². The number of hydrogen-bond donors (Lipinski definition) is 5. The normalized spacial score (nSPS) is 11.2. The maximum atomic E-state index is 8.96. The van der Waals surface area contributed by atoms with Crippen molar-refractivity contribution in [3.05, 3.63) is 78.2 Å². The van der Waals surface area contributed by atoms with E-state index < -0.39 is 0 Å². The zero-order valence-electron chi connectivity index (χ0n) is 18.1. The molecule has 168 valence electrons. The van der Waals surface area contributed by atoms with Crippen molar-refractivity contribution in [3.63, 3.8) is 0 Å². The lowest BCUT2D eigenvalue weighted by Crippen LogP contribution is -2.09.